The number of rotatable bonds is 5. The zero-order valence-electron chi connectivity index (χ0n) is 23.1. The zero-order chi connectivity index (χ0) is 28.1. The number of benzene rings is 2. The molecule has 0 bridgehead atoms. The lowest BCUT2D eigenvalue weighted by Gasteiger charge is -2.39. The number of hydrogen-bond acceptors (Lipinski definition) is 7. The number of carbonyl (C=O) groups excluding carboxylic acids is 1. The molecule has 0 aliphatic carbocycles. The average molecular weight is 572 g/mol. The third-order valence-electron chi connectivity index (χ3n) is 9.16. The zero-order valence-corrected chi connectivity index (χ0v) is 23.8. The highest BCUT2D eigenvalue weighted by atomic mass is 35.5. The summed E-state index contributed by atoms with van der Waals surface area (Å²) in [5.74, 6) is 1.18. The lowest BCUT2D eigenvalue weighted by atomic mass is 9.84. The van der Waals surface area contributed by atoms with Crippen LogP contribution in [-0.4, -0.2) is 81.2 Å². The van der Waals surface area contributed by atoms with Crippen LogP contribution >= 0.6 is 11.6 Å². The van der Waals surface area contributed by atoms with Crippen molar-refractivity contribution in [2.45, 2.75) is 30.9 Å². The third kappa shape index (κ3) is 4.92. The van der Waals surface area contributed by atoms with Crippen LogP contribution in [0.2, 0.25) is 5.02 Å². The first-order valence-corrected chi connectivity index (χ1v) is 14.7. The predicted molar refractivity (Wildman–Crippen MR) is 160 cm³/mol. The summed E-state index contributed by atoms with van der Waals surface area (Å²) in [7, 11) is 2.16. The van der Waals surface area contributed by atoms with Crippen LogP contribution in [-0.2, 0) is 5.60 Å². The quantitative estimate of drug-likeness (QED) is 0.367. The van der Waals surface area contributed by atoms with Gasteiger partial charge in [-0.25, -0.2) is 4.52 Å². The Kier molecular flexibility index (Phi) is 6.60. The molecule has 9 nitrogen and oxygen atoms in total. The highest BCUT2D eigenvalue weighted by molar-refractivity contribution is 6.30. The molecule has 212 valence electrons. The molecule has 5 heterocycles. The molecule has 1 amide bonds. The summed E-state index contributed by atoms with van der Waals surface area (Å²) < 4.78 is 1.77. The Labute approximate surface area is 244 Å². The van der Waals surface area contributed by atoms with Crippen molar-refractivity contribution >= 4 is 40.5 Å². The number of aliphatic hydroxyl groups is 1. The van der Waals surface area contributed by atoms with E-state index in [9.17, 15) is 9.90 Å². The number of nitrogens with zero attached hydrogens (tertiary/aromatic N) is 6. The Balaban J connectivity index is 1.02. The van der Waals surface area contributed by atoms with Crippen molar-refractivity contribution in [3.05, 3.63) is 83.0 Å². The van der Waals surface area contributed by atoms with E-state index >= 15 is 0 Å². The number of nitrogens with one attached hydrogen (secondary N) is 1. The first-order valence-electron chi connectivity index (χ1n) is 14.3. The maximum absolute atomic E-state index is 13.1. The molecule has 2 unspecified atom stereocenters. The number of carbonyl (C=O) groups is 1. The van der Waals surface area contributed by atoms with Gasteiger partial charge in [-0.05, 0) is 92.9 Å². The van der Waals surface area contributed by atoms with Crippen LogP contribution in [0.25, 0.3) is 5.65 Å². The summed E-state index contributed by atoms with van der Waals surface area (Å²) in [5.41, 5.74) is 3.29. The molecule has 3 aliphatic heterocycles. The highest BCUT2D eigenvalue weighted by Gasteiger charge is 2.41. The van der Waals surface area contributed by atoms with Crippen LogP contribution in [0.5, 0.6) is 0 Å². The van der Waals surface area contributed by atoms with Gasteiger partial charge in [0.1, 0.15) is 0 Å². The molecule has 3 aliphatic rings. The van der Waals surface area contributed by atoms with Gasteiger partial charge in [-0.3, -0.25) is 4.79 Å². The third-order valence-corrected chi connectivity index (χ3v) is 9.41. The number of halogens is 1. The lowest BCUT2D eigenvalue weighted by Crippen LogP contribution is -2.42. The molecule has 0 spiro atoms. The van der Waals surface area contributed by atoms with E-state index in [2.05, 4.69) is 27.3 Å². The van der Waals surface area contributed by atoms with Crippen LogP contribution in [0.1, 0.15) is 35.2 Å². The van der Waals surface area contributed by atoms with Gasteiger partial charge >= 0.3 is 0 Å². The number of hydrogen-bond donors (Lipinski definition) is 2. The number of aromatic nitrogens is 3. The highest BCUT2D eigenvalue weighted by Crippen LogP contribution is 2.36. The van der Waals surface area contributed by atoms with Crippen molar-refractivity contribution in [3.63, 3.8) is 0 Å². The fourth-order valence-electron chi connectivity index (χ4n) is 6.70. The molecule has 0 radical (unpaired) electrons. The summed E-state index contributed by atoms with van der Waals surface area (Å²) in [6, 6.07) is 19.5. The number of fused-ring (bicyclic) bond motifs is 2. The van der Waals surface area contributed by atoms with Crippen molar-refractivity contribution in [1.29, 1.82) is 0 Å². The minimum absolute atomic E-state index is 0.0966. The van der Waals surface area contributed by atoms with Crippen molar-refractivity contribution in [3.8, 4) is 0 Å². The van der Waals surface area contributed by atoms with Gasteiger partial charge in [-0.2, -0.15) is 4.98 Å². The summed E-state index contributed by atoms with van der Waals surface area (Å²) in [5, 5.41) is 19.9. The van der Waals surface area contributed by atoms with E-state index in [1.165, 1.54) is 6.42 Å². The molecule has 10 heteroatoms. The second kappa shape index (κ2) is 10.3. The number of anilines is 3. The maximum atomic E-state index is 13.1. The molecule has 2 N–H and O–H groups in total. The fraction of sp³-hybridized carbons (Fsp3) is 0.387. The monoisotopic (exact) mass is 571 g/mol. The molecular weight excluding hydrogens is 538 g/mol. The van der Waals surface area contributed by atoms with E-state index in [4.69, 9.17) is 16.6 Å². The standard InChI is InChI=1S/C31H34ClN7O2/c1-36-16-12-22-19-38(20-27(22)36)29(40)21-4-10-25(11-5-21)33-30-34-28-26(3-2-15-39(28)35-30)37-17-13-31(41,14-18-37)23-6-8-24(32)9-7-23/h2-11,15,22,27,41H,12-14,16-20H2,1H3,(H,33,35). The topological polar surface area (TPSA) is 89.2 Å². The Bertz CT molecular complexity index is 1560. The molecule has 3 saturated heterocycles. The normalized spacial score (nSPS) is 22.3. The number of likely N-dealkylation sites (tertiary alicyclic amines) is 2. The first-order chi connectivity index (χ1) is 19.9. The molecular formula is C31H34ClN7O2. The number of pyridine rings is 1. The van der Waals surface area contributed by atoms with Crippen molar-refractivity contribution in [1.82, 2.24) is 24.4 Å². The molecule has 4 aromatic rings. The molecule has 2 atom stereocenters. The van der Waals surface area contributed by atoms with Crippen molar-refractivity contribution in [2.24, 2.45) is 5.92 Å². The molecule has 0 saturated carbocycles. The molecule has 7 rings (SSSR count). The lowest BCUT2D eigenvalue weighted by molar-refractivity contribution is 0.0118. The van der Waals surface area contributed by atoms with E-state index < -0.39 is 5.60 Å². The summed E-state index contributed by atoms with van der Waals surface area (Å²) in [6.45, 7) is 4.17. The summed E-state index contributed by atoms with van der Waals surface area (Å²) >= 11 is 6.04. The average Bonchev–Trinajstić information content (AvgIpc) is 3.69. The van der Waals surface area contributed by atoms with Gasteiger partial charge in [0.15, 0.2) is 5.65 Å². The van der Waals surface area contributed by atoms with Gasteiger partial charge in [0, 0.05) is 54.7 Å². The number of likely N-dealkylation sites (N-methyl/N-ethyl adjacent to an activating group) is 1. The van der Waals surface area contributed by atoms with Crippen LogP contribution in [0.3, 0.4) is 0 Å². The minimum Gasteiger partial charge on any atom is -0.385 e. The van der Waals surface area contributed by atoms with E-state index in [0.29, 0.717) is 54.4 Å². The summed E-state index contributed by atoms with van der Waals surface area (Å²) in [4.78, 5) is 24.5. The van der Waals surface area contributed by atoms with Crippen molar-refractivity contribution < 1.29 is 9.90 Å². The second-order valence-corrected chi connectivity index (χ2v) is 12.1. The van der Waals surface area contributed by atoms with Gasteiger partial charge in [-0.15, -0.1) is 5.10 Å². The maximum Gasteiger partial charge on any atom is 0.253 e. The van der Waals surface area contributed by atoms with Gasteiger partial charge < -0.3 is 25.1 Å². The molecule has 2 aromatic carbocycles. The van der Waals surface area contributed by atoms with Crippen LogP contribution in [0, 0.1) is 5.92 Å². The second-order valence-electron chi connectivity index (χ2n) is 11.6. The van der Waals surface area contributed by atoms with Gasteiger partial charge in [0.05, 0.1) is 11.3 Å². The fourth-order valence-corrected chi connectivity index (χ4v) is 6.83. The van der Waals surface area contributed by atoms with Gasteiger partial charge in [-0.1, -0.05) is 23.7 Å². The smallest absolute Gasteiger partial charge is 0.253 e. The van der Waals surface area contributed by atoms with Crippen LogP contribution in [0.15, 0.2) is 66.9 Å². The first kappa shape index (κ1) is 26.3. The Morgan fingerprint density at radius 1 is 1.02 bits per heavy atom. The SMILES string of the molecule is CN1CCC2CN(C(=O)c3ccc(Nc4nc5c(N6CCC(O)(c7ccc(Cl)cc7)CC6)cccn5n4)cc3)CC21. The summed E-state index contributed by atoms with van der Waals surface area (Å²) in [6.07, 6.45) is 4.27. The van der Waals surface area contributed by atoms with Gasteiger partial charge in [0.25, 0.3) is 5.91 Å². The number of amides is 1. The van der Waals surface area contributed by atoms with Gasteiger partial charge in [0.2, 0.25) is 5.95 Å². The Morgan fingerprint density at radius 2 is 1.78 bits per heavy atom. The molecule has 2 aromatic heterocycles. The van der Waals surface area contributed by atoms with E-state index in [-0.39, 0.29) is 5.91 Å². The molecule has 3 fully saturated rings. The van der Waals surface area contributed by atoms with Crippen LogP contribution in [0.4, 0.5) is 17.3 Å². The van der Waals surface area contributed by atoms with E-state index in [1.807, 2.05) is 71.8 Å². The van der Waals surface area contributed by atoms with E-state index in [1.54, 1.807) is 4.52 Å². The number of piperidine rings is 1. The minimum atomic E-state index is -0.871. The Morgan fingerprint density at radius 3 is 2.51 bits per heavy atom. The van der Waals surface area contributed by atoms with Crippen molar-refractivity contribution in [2.75, 3.05) is 50.0 Å². The largest absolute Gasteiger partial charge is 0.385 e. The van der Waals surface area contributed by atoms with Crippen LogP contribution < -0.4 is 10.2 Å². The predicted octanol–water partition coefficient (Wildman–Crippen LogP) is 4.39. The Hall–Kier alpha value is -3.66. The van der Waals surface area contributed by atoms with E-state index in [0.717, 1.165) is 42.2 Å². The molecule has 41 heavy (non-hydrogen) atoms.